The van der Waals surface area contributed by atoms with Gasteiger partial charge in [0.15, 0.2) is 0 Å². The van der Waals surface area contributed by atoms with Gasteiger partial charge in [-0.1, -0.05) is 26.0 Å². The molecule has 0 spiro atoms. The molecular weight excluding hydrogens is 517 g/mol. The van der Waals surface area contributed by atoms with Crippen LogP contribution in [0.15, 0.2) is 42.6 Å². The van der Waals surface area contributed by atoms with Crippen molar-refractivity contribution in [3.63, 3.8) is 0 Å². The summed E-state index contributed by atoms with van der Waals surface area (Å²) in [6.07, 6.45) is 0.0348. The number of hydrogen-bond acceptors (Lipinski definition) is 7. The molecule has 0 aliphatic carbocycles. The Hall–Kier alpha value is -2.92. The van der Waals surface area contributed by atoms with Gasteiger partial charge in [0.25, 0.3) is 11.8 Å². The van der Waals surface area contributed by atoms with E-state index >= 15 is 0 Å². The van der Waals surface area contributed by atoms with Crippen LogP contribution in [-0.2, 0) is 9.47 Å². The highest BCUT2D eigenvalue weighted by atomic mass is 19.1. The first kappa shape index (κ1) is 31.6. The summed E-state index contributed by atoms with van der Waals surface area (Å²) in [5, 5.41) is 21.7. The smallest absolute Gasteiger partial charge is 0.256 e. The maximum absolute atomic E-state index is 14.7. The van der Waals surface area contributed by atoms with Crippen LogP contribution in [0.25, 0.3) is 0 Å². The Morgan fingerprint density at radius 1 is 1.10 bits per heavy atom. The number of ether oxygens (including phenoxy) is 2. The molecule has 3 rings (SSSR count). The number of aliphatic hydroxyl groups is 2. The van der Waals surface area contributed by atoms with E-state index < -0.39 is 30.0 Å². The molecule has 0 unspecified atom stereocenters. The lowest BCUT2D eigenvalue weighted by Gasteiger charge is -2.34. The van der Waals surface area contributed by atoms with Crippen molar-refractivity contribution in [2.75, 3.05) is 46.0 Å². The van der Waals surface area contributed by atoms with E-state index in [2.05, 4.69) is 4.98 Å². The Labute approximate surface area is 235 Å². The average Bonchev–Trinajstić information content (AvgIpc) is 2.93. The predicted molar refractivity (Wildman–Crippen MR) is 148 cm³/mol. The maximum Gasteiger partial charge on any atom is 0.256 e. The minimum absolute atomic E-state index is 0.0757. The van der Waals surface area contributed by atoms with Gasteiger partial charge in [0.2, 0.25) is 0 Å². The summed E-state index contributed by atoms with van der Waals surface area (Å²) < 4.78 is 26.3. The van der Waals surface area contributed by atoms with Crippen molar-refractivity contribution in [3.05, 3.63) is 65.2 Å². The number of aryl methyl sites for hydroxylation is 1. The standard InChI is InChI=1S/C30H42FN3O6/c1-21(2)11-17-40-27-19-34(30(38)24-8-4-5-9-25(24)31)15-14-33(29(37)23-10-12-32-22(3)18-23)13-6-7-16-39-20-26(35)28(27)36/h4-5,8-10,12,18,21,26-28,35-36H,6-7,11,13-17,19-20H2,1-3H3/t26-,27-,28-/m1/s1. The fourth-order valence-electron chi connectivity index (χ4n) is 4.49. The van der Waals surface area contributed by atoms with Gasteiger partial charge in [0.1, 0.15) is 24.1 Å². The van der Waals surface area contributed by atoms with Crippen LogP contribution in [0.1, 0.15) is 59.5 Å². The van der Waals surface area contributed by atoms with Gasteiger partial charge in [-0.2, -0.15) is 0 Å². The van der Waals surface area contributed by atoms with Gasteiger partial charge in [0, 0.05) is 56.8 Å². The number of pyridine rings is 1. The molecule has 10 heteroatoms. The summed E-state index contributed by atoms with van der Waals surface area (Å²) in [5.74, 6) is -1.11. The number of benzene rings is 1. The number of hydrogen-bond donors (Lipinski definition) is 2. The summed E-state index contributed by atoms with van der Waals surface area (Å²) in [7, 11) is 0. The van der Waals surface area contributed by atoms with Crippen molar-refractivity contribution in [1.82, 2.24) is 14.8 Å². The van der Waals surface area contributed by atoms with E-state index in [9.17, 15) is 24.2 Å². The molecule has 1 aromatic heterocycles. The summed E-state index contributed by atoms with van der Waals surface area (Å²) in [6.45, 7) is 7.02. The lowest BCUT2D eigenvalue weighted by Crippen LogP contribution is -2.51. The van der Waals surface area contributed by atoms with Crippen LogP contribution in [0.4, 0.5) is 4.39 Å². The van der Waals surface area contributed by atoms with Crippen molar-refractivity contribution < 1.29 is 33.7 Å². The average molecular weight is 560 g/mol. The molecule has 0 bridgehead atoms. The zero-order valence-electron chi connectivity index (χ0n) is 23.7. The molecule has 40 heavy (non-hydrogen) atoms. The third kappa shape index (κ3) is 9.33. The largest absolute Gasteiger partial charge is 0.388 e. The molecule has 2 amide bonds. The van der Waals surface area contributed by atoms with Gasteiger partial charge < -0.3 is 29.5 Å². The van der Waals surface area contributed by atoms with Gasteiger partial charge in [-0.15, -0.1) is 0 Å². The summed E-state index contributed by atoms with van der Waals surface area (Å²) >= 11 is 0. The van der Waals surface area contributed by atoms with E-state index in [1.807, 2.05) is 20.8 Å². The highest BCUT2D eigenvalue weighted by Gasteiger charge is 2.32. The molecule has 3 atom stereocenters. The second kappa shape index (κ2) is 15.8. The third-order valence-corrected chi connectivity index (χ3v) is 6.92. The number of amides is 2. The minimum Gasteiger partial charge on any atom is -0.388 e. The molecular formula is C30H42FN3O6. The van der Waals surface area contributed by atoms with Crippen molar-refractivity contribution in [3.8, 4) is 0 Å². The summed E-state index contributed by atoms with van der Waals surface area (Å²) in [6, 6.07) is 9.07. The predicted octanol–water partition coefficient (Wildman–Crippen LogP) is 3.08. The van der Waals surface area contributed by atoms with E-state index in [4.69, 9.17) is 9.47 Å². The van der Waals surface area contributed by atoms with Gasteiger partial charge in [0.05, 0.1) is 12.2 Å². The molecule has 2 N–H and O–H groups in total. The summed E-state index contributed by atoms with van der Waals surface area (Å²) in [4.78, 5) is 34.3. The Kier molecular flexibility index (Phi) is 12.5. The number of aliphatic hydroxyl groups excluding tert-OH is 2. The van der Waals surface area contributed by atoms with Crippen LogP contribution >= 0.6 is 0 Å². The molecule has 0 saturated carbocycles. The summed E-state index contributed by atoms with van der Waals surface area (Å²) in [5.41, 5.74) is 1.09. The Bertz CT molecular complexity index is 1100. The van der Waals surface area contributed by atoms with E-state index in [1.54, 1.807) is 29.3 Å². The molecule has 2 heterocycles. The molecule has 1 aliphatic heterocycles. The molecule has 1 fully saturated rings. The molecule has 1 aromatic carbocycles. The fourth-order valence-corrected chi connectivity index (χ4v) is 4.49. The zero-order valence-corrected chi connectivity index (χ0v) is 23.7. The SMILES string of the molecule is Cc1cc(C(=O)N2CCCCOC[C@@H](O)[C@@H](O)[C@H](OCCC(C)C)CN(C(=O)c3ccccc3F)CC2)ccn1. The van der Waals surface area contributed by atoms with Crippen LogP contribution in [0.5, 0.6) is 0 Å². The van der Waals surface area contributed by atoms with Crippen molar-refractivity contribution >= 4 is 11.8 Å². The van der Waals surface area contributed by atoms with E-state index in [0.717, 1.165) is 0 Å². The van der Waals surface area contributed by atoms with Crippen molar-refractivity contribution in [1.29, 1.82) is 0 Å². The lowest BCUT2D eigenvalue weighted by molar-refractivity contribution is -0.116. The van der Waals surface area contributed by atoms with Gasteiger partial charge >= 0.3 is 0 Å². The quantitative estimate of drug-likeness (QED) is 0.560. The monoisotopic (exact) mass is 559 g/mol. The second-order valence-electron chi connectivity index (χ2n) is 10.6. The van der Waals surface area contributed by atoms with E-state index in [-0.39, 0.29) is 37.7 Å². The Morgan fingerprint density at radius 2 is 1.85 bits per heavy atom. The van der Waals surface area contributed by atoms with Crippen LogP contribution in [0.2, 0.25) is 0 Å². The molecule has 220 valence electrons. The highest BCUT2D eigenvalue weighted by molar-refractivity contribution is 5.95. The topological polar surface area (TPSA) is 112 Å². The normalized spacial score (nSPS) is 21.7. The molecule has 0 radical (unpaired) electrons. The Morgan fingerprint density at radius 3 is 2.58 bits per heavy atom. The first-order valence-electron chi connectivity index (χ1n) is 14.0. The molecule has 9 nitrogen and oxygen atoms in total. The number of rotatable bonds is 6. The molecule has 1 aliphatic rings. The highest BCUT2D eigenvalue weighted by Crippen LogP contribution is 2.17. The number of nitrogens with zero attached hydrogens (tertiary/aromatic N) is 3. The maximum atomic E-state index is 14.7. The van der Waals surface area contributed by atoms with Crippen molar-refractivity contribution in [2.24, 2.45) is 5.92 Å². The number of carbonyl (C=O) groups excluding carboxylic acids is 2. The molecule has 1 saturated heterocycles. The minimum atomic E-state index is -1.34. The Balaban J connectivity index is 1.92. The van der Waals surface area contributed by atoms with Crippen molar-refractivity contribution in [2.45, 2.75) is 58.3 Å². The third-order valence-electron chi connectivity index (χ3n) is 6.92. The van der Waals surface area contributed by atoms with Gasteiger partial charge in [-0.3, -0.25) is 14.6 Å². The van der Waals surface area contributed by atoms with Gasteiger partial charge in [-0.25, -0.2) is 4.39 Å². The van der Waals surface area contributed by atoms with Crippen LogP contribution in [-0.4, -0.2) is 101 Å². The second-order valence-corrected chi connectivity index (χ2v) is 10.6. The fraction of sp³-hybridized carbons (Fsp3) is 0.567. The zero-order chi connectivity index (χ0) is 29.1. The number of carbonyl (C=O) groups is 2. The van der Waals surface area contributed by atoms with E-state index in [1.165, 1.54) is 23.1 Å². The molecule has 2 aromatic rings. The van der Waals surface area contributed by atoms with Crippen LogP contribution in [0.3, 0.4) is 0 Å². The number of halogens is 1. The lowest BCUT2D eigenvalue weighted by atomic mass is 10.1. The first-order chi connectivity index (χ1) is 19.2. The first-order valence-corrected chi connectivity index (χ1v) is 14.0. The number of aromatic nitrogens is 1. The van der Waals surface area contributed by atoms with E-state index in [0.29, 0.717) is 56.2 Å². The van der Waals surface area contributed by atoms with Gasteiger partial charge in [-0.05, 0) is 56.4 Å². The van der Waals surface area contributed by atoms with Crippen LogP contribution in [0, 0.1) is 18.7 Å². The van der Waals surface area contributed by atoms with Crippen LogP contribution < -0.4 is 0 Å².